The standard InChI is InChI=1S/C14H23ClN2O/c1-4-18-14-6-5-12(15)7-13(14)17-9-11(8-16)10(2)3/h5-7,10-11,17H,4,8-9,16H2,1-3H3. The van der Waals surface area contributed by atoms with Crippen LogP contribution in [0, 0.1) is 11.8 Å². The molecule has 0 amide bonds. The summed E-state index contributed by atoms with van der Waals surface area (Å²) in [5.41, 5.74) is 6.70. The normalized spacial score (nSPS) is 12.6. The van der Waals surface area contributed by atoms with E-state index in [4.69, 9.17) is 22.1 Å². The molecule has 1 aromatic rings. The van der Waals surface area contributed by atoms with E-state index in [9.17, 15) is 0 Å². The van der Waals surface area contributed by atoms with Gasteiger partial charge in [-0.2, -0.15) is 0 Å². The number of ether oxygens (including phenoxy) is 1. The van der Waals surface area contributed by atoms with Crippen LogP contribution in [0.15, 0.2) is 18.2 Å². The van der Waals surface area contributed by atoms with Crippen LogP contribution >= 0.6 is 11.6 Å². The molecule has 0 aliphatic carbocycles. The fraction of sp³-hybridized carbons (Fsp3) is 0.571. The summed E-state index contributed by atoms with van der Waals surface area (Å²) in [5, 5.41) is 4.09. The molecule has 0 radical (unpaired) electrons. The highest BCUT2D eigenvalue weighted by Gasteiger charge is 2.12. The molecule has 0 aliphatic heterocycles. The fourth-order valence-electron chi connectivity index (χ4n) is 1.75. The molecule has 1 atom stereocenters. The highest BCUT2D eigenvalue weighted by Crippen LogP contribution is 2.28. The molecule has 0 saturated heterocycles. The van der Waals surface area contributed by atoms with Crippen molar-refractivity contribution in [3.05, 3.63) is 23.2 Å². The van der Waals surface area contributed by atoms with Crippen molar-refractivity contribution in [2.75, 3.05) is 25.0 Å². The van der Waals surface area contributed by atoms with Gasteiger partial charge < -0.3 is 15.8 Å². The van der Waals surface area contributed by atoms with E-state index >= 15 is 0 Å². The first-order valence-corrected chi connectivity index (χ1v) is 6.82. The lowest BCUT2D eigenvalue weighted by Gasteiger charge is -2.21. The minimum atomic E-state index is 0.443. The molecule has 3 nitrogen and oxygen atoms in total. The smallest absolute Gasteiger partial charge is 0.142 e. The first kappa shape index (κ1) is 15.1. The summed E-state index contributed by atoms with van der Waals surface area (Å²) in [6.07, 6.45) is 0. The first-order valence-electron chi connectivity index (χ1n) is 6.44. The van der Waals surface area contributed by atoms with Crippen molar-refractivity contribution in [3.63, 3.8) is 0 Å². The van der Waals surface area contributed by atoms with Gasteiger partial charge in [0.15, 0.2) is 0 Å². The van der Waals surface area contributed by atoms with Gasteiger partial charge in [0.2, 0.25) is 0 Å². The third kappa shape index (κ3) is 4.39. The van der Waals surface area contributed by atoms with E-state index in [1.807, 2.05) is 25.1 Å². The molecule has 18 heavy (non-hydrogen) atoms. The maximum absolute atomic E-state index is 6.01. The zero-order valence-electron chi connectivity index (χ0n) is 11.4. The Morgan fingerprint density at radius 1 is 1.39 bits per heavy atom. The van der Waals surface area contributed by atoms with Crippen molar-refractivity contribution in [3.8, 4) is 5.75 Å². The summed E-state index contributed by atoms with van der Waals surface area (Å²) < 4.78 is 5.57. The van der Waals surface area contributed by atoms with E-state index < -0.39 is 0 Å². The number of anilines is 1. The third-order valence-electron chi connectivity index (χ3n) is 3.04. The van der Waals surface area contributed by atoms with E-state index in [0.29, 0.717) is 30.0 Å². The molecule has 1 rings (SSSR count). The number of benzene rings is 1. The second kappa shape index (κ2) is 7.49. The molecular formula is C14H23ClN2O. The molecule has 0 aliphatic rings. The van der Waals surface area contributed by atoms with E-state index in [1.54, 1.807) is 0 Å². The molecule has 0 fully saturated rings. The van der Waals surface area contributed by atoms with Crippen LogP contribution in [0.5, 0.6) is 5.75 Å². The minimum absolute atomic E-state index is 0.443. The molecule has 1 unspecified atom stereocenters. The predicted molar refractivity (Wildman–Crippen MR) is 78.5 cm³/mol. The summed E-state index contributed by atoms with van der Waals surface area (Å²) in [6.45, 7) is 8.47. The molecule has 0 heterocycles. The van der Waals surface area contributed by atoms with Gasteiger partial charge >= 0.3 is 0 Å². The Labute approximate surface area is 115 Å². The summed E-state index contributed by atoms with van der Waals surface area (Å²) in [5.74, 6) is 1.83. The van der Waals surface area contributed by atoms with Crippen LogP contribution in [0.2, 0.25) is 5.02 Å². The third-order valence-corrected chi connectivity index (χ3v) is 3.28. The largest absolute Gasteiger partial charge is 0.492 e. The summed E-state index contributed by atoms with van der Waals surface area (Å²) in [4.78, 5) is 0. The number of hydrogen-bond acceptors (Lipinski definition) is 3. The number of halogens is 1. The molecule has 0 bridgehead atoms. The van der Waals surface area contributed by atoms with Crippen LogP contribution in [0.25, 0.3) is 0 Å². The van der Waals surface area contributed by atoms with Crippen LogP contribution in [0.4, 0.5) is 5.69 Å². The van der Waals surface area contributed by atoms with Crippen molar-refractivity contribution >= 4 is 17.3 Å². The Morgan fingerprint density at radius 3 is 2.67 bits per heavy atom. The van der Waals surface area contributed by atoms with E-state index in [2.05, 4.69) is 19.2 Å². The predicted octanol–water partition coefficient (Wildman–Crippen LogP) is 3.38. The lowest BCUT2D eigenvalue weighted by Crippen LogP contribution is -2.27. The van der Waals surface area contributed by atoms with Crippen molar-refractivity contribution < 1.29 is 4.74 Å². The van der Waals surface area contributed by atoms with Crippen molar-refractivity contribution in [2.45, 2.75) is 20.8 Å². The maximum Gasteiger partial charge on any atom is 0.142 e. The van der Waals surface area contributed by atoms with Crippen LogP contribution in [-0.4, -0.2) is 19.7 Å². The van der Waals surface area contributed by atoms with Gasteiger partial charge in [0.1, 0.15) is 5.75 Å². The fourth-order valence-corrected chi connectivity index (χ4v) is 1.93. The van der Waals surface area contributed by atoms with Crippen molar-refractivity contribution in [2.24, 2.45) is 17.6 Å². The SMILES string of the molecule is CCOc1ccc(Cl)cc1NCC(CN)C(C)C. The molecule has 0 saturated carbocycles. The van der Waals surface area contributed by atoms with Gasteiger partial charge in [0.05, 0.1) is 12.3 Å². The van der Waals surface area contributed by atoms with Gasteiger partial charge in [-0.15, -0.1) is 0 Å². The summed E-state index contributed by atoms with van der Waals surface area (Å²) in [7, 11) is 0. The van der Waals surface area contributed by atoms with Crippen molar-refractivity contribution in [1.29, 1.82) is 0 Å². The Morgan fingerprint density at radius 2 is 2.11 bits per heavy atom. The average molecular weight is 271 g/mol. The van der Waals surface area contributed by atoms with E-state index in [0.717, 1.165) is 18.0 Å². The molecule has 3 N–H and O–H groups in total. The van der Waals surface area contributed by atoms with Crippen LogP contribution < -0.4 is 15.8 Å². The molecule has 1 aromatic carbocycles. The monoisotopic (exact) mass is 270 g/mol. The van der Waals surface area contributed by atoms with Gasteiger partial charge in [-0.1, -0.05) is 25.4 Å². The molecule has 4 heteroatoms. The topological polar surface area (TPSA) is 47.3 Å². The van der Waals surface area contributed by atoms with Gasteiger partial charge in [-0.3, -0.25) is 0 Å². The maximum atomic E-state index is 6.01. The number of hydrogen-bond donors (Lipinski definition) is 2. The molecular weight excluding hydrogens is 248 g/mol. The molecule has 102 valence electrons. The second-order valence-corrected chi connectivity index (χ2v) is 5.13. The number of rotatable bonds is 7. The minimum Gasteiger partial charge on any atom is -0.492 e. The lowest BCUT2D eigenvalue weighted by atomic mass is 9.96. The molecule has 0 spiro atoms. The quantitative estimate of drug-likeness (QED) is 0.798. The van der Waals surface area contributed by atoms with Crippen molar-refractivity contribution in [1.82, 2.24) is 0 Å². The van der Waals surface area contributed by atoms with Gasteiger partial charge in [0, 0.05) is 11.6 Å². The zero-order chi connectivity index (χ0) is 13.5. The highest BCUT2D eigenvalue weighted by molar-refractivity contribution is 6.30. The Hall–Kier alpha value is -0.930. The number of nitrogens with two attached hydrogens (primary N) is 1. The molecule has 0 aromatic heterocycles. The van der Waals surface area contributed by atoms with E-state index in [1.165, 1.54) is 0 Å². The van der Waals surface area contributed by atoms with Gasteiger partial charge in [0.25, 0.3) is 0 Å². The van der Waals surface area contributed by atoms with Crippen LogP contribution in [-0.2, 0) is 0 Å². The average Bonchev–Trinajstić information content (AvgIpc) is 2.33. The Kier molecular flexibility index (Phi) is 6.30. The number of nitrogens with one attached hydrogen (secondary N) is 1. The van der Waals surface area contributed by atoms with Gasteiger partial charge in [-0.05, 0) is 43.5 Å². The lowest BCUT2D eigenvalue weighted by molar-refractivity contribution is 0.341. The Bertz CT molecular complexity index is 369. The van der Waals surface area contributed by atoms with Crippen LogP contribution in [0.1, 0.15) is 20.8 Å². The summed E-state index contributed by atoms with van der Waals surface area (Å²) >= 11 is 6.01. The van der Waals surface area contributed by atoms with Gasteiger partial charge in [-0.25, -0.2) is 0 Å². The van der Waals surface area contributed by atoms with E-state index in [-0.39, 0.29) is 0 Å². The Balaban J connectivity index is 2.73. The zero-order valence-corrected chi connectivity index (χ0v) is 12.1. The summed E-state index contributed by atoms with van der Waals surface area (Å²) in [6, 6.07) is 5.61. The first-order chi connectivity index (χ1) is 8.58. The van der Waals surface area contributed by atoms with Crippen LogP contribution in [0.3, 0.4) is 0 Å². The second-order valence-electron chi connectivity index (χ2n) is 4.69. The highest BCUT2D eigenvalue weighted by atomic mass is 35.5.